The normalized spacial score (nSPS) is 15.2. The van der Waals surface area contributed by atoms with E-state index in [9.17, 15) is 0 Å². The lowest BCUT2D eigenvalue weighted by Crippen LogP contribution is -2.86. The van der Waals surface area contributed by atoms with Gasteiger partial charge in [-0.25, -0.2) is 0 Å². The molecule has 2 N–H and O–H groups in total. The maximum atomic E-state index is 6.51. The van der Waals surface area contributed by atoms with Gasteiger partial charge in [0.2, 0.25) is 5.89 Å². The van der Waals surface area contributed by atoms with Crippen LogP contribution >= 0.6 is 11.3 Å². The summed E-state index contributed by atoms with van der Waals surface area (Å²) in [6.45, 7) is 6.29. The molecule has 30 heavy (non-hydrogen) atoms. The quantitative estimate of drug-likeness (QED) is 0.533. The van der Waals surface area contributed by atoms with Gasteiger partial charge in [-0.05, 0) is 26.0 Å². The highest BCUT2D eigenvalue weighted by Gasteiger charge is 2.25. The van der Waals surface area contributed by atoms with Crippen molar-refractivity contribution in [3.05, 3.63) is 47.1 Å². The van der Waals surface area contributed by atoms with E-state index in [4.69, 9.17) is 9.15 Å². The molecule has 1 saturated heterocycles. The first-order valence-electron chi connectivity index (χ1n) is 10.4. The Labute approximate surface area is 179 Å². The van der Waals surface area contributed by atoms with Crippen LogP contribution in [-0.2, 0) is 13.5 Å². The summed E-state index contributed by atoms with van der Waals surface area (Å²) in [7, 11) is 1.95. The van der Waals surface area contributed by atoms with E-state index >= 15 is 0 Å². The number of nitrogens with zero attached hydrogens (tertiary/aromatic N) is 4. The van der Waals surface area contributed by atoms with Crippen molar-refractivity contribution in [1.29, 1.82) is 0 Å². The number of rotatable bonds is 5. The highest BCUT2D eigenvalue weighted by molar-refractivity contribution is 7.22. The molecule has 8 heteroatoms. The summed E-state index contributed by atoms with van der Waals surface area (Å²) in [5.41, 5.74) is 3.25. The Kier molecular flexibility index (Phi) is 5.04. The molecule has 1 aromatic carbocycles. The van der Waals surface area contributed by atoms with Crippen molar-refractivity contribution in [2.45, 2.75) is 39.2 Å². The average Bonchev–Trinajstić information content (AvgIpc) is 3.42. The summed E-state index contributed by atoms with van der Waals surface area (Å²) in [5.74, 6) is 2.01. The first-order valence-corrected chi connectivity index (χ1v) is 11.2. The first kappa shape index (κ1) is 19.3. The van der Waals surface area contributed by atoms with E-state index in [1.54, 1.807) is 11.3 Å². The largest absolute Gasteiger partial charge is 0.488 e. The number of fused-ring (bicyclic) bond motifs is 1. The van der Waals surface area contributed by atoms with Crippen LogP contribution in [0.4, 0.5) is 0 Å². The molecule has 0 saturated carbocycles. The number of nitrogens with two attached hydrogens (primary N) is 1. The van der Waals surface area contributed by atoms with Gasteiger partial charge in [0, 0.05) is 41.2 Å². The fourth-order valence-electron chi connectivity index (χ4n) is 4.10. The van der Waals surface area contributed by atoms with Crippen LogP contribution in [0, 0.1) is 13.8 Å². The van der Waals surface area contributed by atoms with Gasteiger partial charge >= 0.3 is 0 Å². The lowest BCUT2D eigenvalue weighted by molar-refractivity contribution is -0.664. The van der Waals surface area contributed by atoms with Gasteiger partial charge in [0.05, 0.1) is 25.2 Å². The number of hydrogen-bond donors (Lipinski definition) is 1. The number of hydrogen-bond acceptors (Lipinski definition) is 6. The van der Waals surface area contributed by atoms with E-state index in [2.05, 4.69) is 45.7 Å². The zero-order valence-electron chi connectivity index (χ0n) is 17.5. The molecule has 0 radical (unpaired) electrons. The molecule has 1 aliphatic heterocycles. The number of benzene rings is 1. The molecular formula is C22H26N5O2S+. The first-order chi connectivity index (χ1) is 14.6. The second-order valence-electron chi connectivity index (χ2n) is 7.89. The van der Waals surface area contributed by atoms with Gasteiger partial charge in [-0.15, -0.1) is 21.5 Å². The minimum Gasteiger partial charge on any atom is -0.488 e. The lowest BCUT2D eigenvalue weighted by Gasteiger charge is -2.22. The molecule has 0 bridgehead atoms. The predicted octanol–water partition coefficient (Wildman–Crippen LogP) is 3.00. The topological polar surface area (TPSA) is 82.6 Å². The summed E-state index contributed by atoms with van der Waals surface area (Å²) < 4.78 is 15.7. The molecule has 4 heterocycles. The standard InChI is InChI=1S/C22H25N5O2S/c1-13-17(14(2)27(3)26-13)12-19-24-25-22(29-19)21-20(28-15-8-10-23-11-9-15)16-6-4-5-7-18(16)30-21/h4-7,15,23H,8-12H2,1-3H3/p+1. The third-order valence-corrected chi connectivity index (χ3v) is 7.01. The summed E-state index contributed by atoms with van der Waals surface area (Å²) in [4.78, 5) is 0.920. The number of aryl methyl sites for hydroxylation is 2. The number of ether oxygens (including phenoxy) is 1. The van der Waals surface area contributed by atoms with Gasteiger partial charge in [0.1, 0.15) is 11.0 Å². The van der Waals surface area contributed by atoms with Crippen LogP contribution in [0.25, 0.3) is 20.9 Å². The van der Waals surface area contributed by atoms with Gasteiger partial charge in [-0.1, -0.05) is 12.1 Å². The highest BCUT2D eigenvalue weighted by Crippen LogP contribution is 2.44. The Morgan fingerprint density at radius 1 is 1.20 bits per heavy atom. The Hall–Kier alpha value is -2.71. The second-order valence-corrected chi connectivity index (χ2v) is 8.94. The van der Waals surface area contributed by atoms with Crippen molar-refractivity contribution in [1.82, 2.24) is 20.0 Å². The van der Waals surface area contributed by atoms with Crippen LogP contribution < -0.4 is 10.1 Å². The SMILES string of the molecule is Cc1nn(C)c(C)c1Cc1nnc(-c2sc3ccccc3c2OC2CC[NH2+]CC2)o1. The van der Waals surface area contributed by atoms with Crippen molar-refractivity contribution >= 4 is 21.4 Å². The predicted molar refractivity (Wildman–Crippen MR) is 116 cm³/mol. The van der Waals surface area contributed by atoms with Gasteiger partial charge in [0.25, 0.3) is 5.89 Å². The van der Waals surface area contributed by atoms with Crippen molar-refractivity contribution in [2.24, 2.45) is 7.05 Å². The van der Waals surface area contributed by atoms with E-state index in [0.717, 1.165) is 58.9 Å². The van der Waals surface area contributed by atoms with Gasteiger partial charge in [0.15, 0.2) is 5.75 Å². The molecule has 0 atom stereocenters. The molecule has 3 aromatic heterocycles. The van der Waals surface area contributed by atoms with Crippen molar-refractivity contribution in [3.63, 3.8) is 0 Å². The Balaban J connectivity index is 1.49. The van der Waals surface area contributed by atoms with E-state index in [0.29, 0.717) is 18.2 Å². The number of thiophene rings is 1. The fourth-order valence-corrected chi connectivity index (χ4v) is 5.16. The zero-order valence-corrected chi connectivity index (χ0v) is 18.3. The van der Waals surface area contributed by atoms with Crippen molar-refractivity contribution in [2.75, 3.05) is 13.1 Å². The molecule has 1 aliphatic rings. The third kappa shape index (κ3) is 3.50. The number of aromatic nitrogens is 4. The Morgan fingerprint density at radius 2 is 2.00 bits per heavy atom. The second kappa shape index (κ2) is 7.85. The highest BCUT2D eigenvalue weighted by atomic mass is 32.1. The van der Waals surface area contributed by atoms with Crippen LogP contribution in [0.3, 0.4) is 0 Å². The number of quaternary nitrogens is 1. The van der Waals surface area contributed by atoms with Crippen LogP contribution in [0.15, 0.2) is 28.7 Å². The van der Waals surface area contributed by atoms with Crippen LogP contribution in [0.1, 0.15) is 35.7 Å². The molecule has 0 amide bonds. The lowest BCUT2D eigenvalue weighted by atomic mass is 10.1. The molecular weight excluding hydrogens is 398 g/mol. The van der Waals surface area contributed by atoms with Gasteiger partial charge in [-0.3, -0.25) is 4.68 Å². The minimum absolute atomic E-state index is 0.231. The smallest absolute Gasteiger partial charge is 0.261 e. The molecule has 5 rings (SSSR count). The third-order valence-electron chi connectivity index (χ3n) is 5.87. The van der Waals surface area contributed by atoms with Crippen LogP contribution in [0.5, 0.6) is 5.75 Å². The van der Waals surface area contributed by atoms with Crippen LogP contribution in [-0.4, -0.2) is 39.2 Å². The van der Waals surface area contributed by atoms with E-state index in [-0.39, 0.29) is 6.10 Å². The van der Waals surface area contributed by atoms with Crippen molar-refractivity contribution in [3.8, 4) is 16.5 Å². The summed E-state index contributed by atoms with van der Waals surface area (Å²) in [5, 5.41) is 16.7. The molecule has 1 fully saturated rings. The maximum Gasteiger partial charge on any atom is 0.261 e. The Bertz CT molecular complexity index is 1190. The summed E-state index contributed by atoms with van der Waals surface area (Å²) in [6, 6.07) is 8.33. The molecule has 4 aromatic rings. The molecule has 0 aliphatic carbocycles. The van der Waals surface area contributed by atoms with E-state index < -0.39 is 0 Å². The Morgan fingerprint density at radius 3 is 2.77 bits per heavy atom. The van der Waals surface area contributed by atoms with Gasteiger partial charge < -0.3 is 14.5 Å². The molecule has 0 unspecified atom stereocenters. The number of piperidine rings is 1. The monoisotopic (exact) mass is 424 g/mol. The molecule has 156 valence electrons. The average molecular weight is 425 g/mol. The van der Waals surface area contributed by atoms with E-state index in [1.165, 1.54) is 4.70 Å². The van der Waals surface area contributed by atoms with Crippen LogP contribution in [0.2, 0.25) is 0 Å². The fraction of sp³-hybridized carbons (Fsp3) is 0.409. The molecule has 7 nitrogen and oxygen atoms in total. The minimum atomic E-state index is 0.231. The van der Waals surface area contributed by atoms with Gasteiger partial charge in [-0.2, -0.15) is 5.10 Å². The van der Waals surface area contributed by atoms with Crippen molar-refractivity contribution < 1.29 is 14.5 Å². The maximum absolute atomic E-state index is 6.51. The zero-order chi connectivity index (χ0) is 20.7. The van der Waals surface area contributed by atoms with E-state index in [1.807, 2.05) is 24.7 Å². The summed E-state index contributed by atoms with van der Waals surface area (Å²) in [6.07, 6.45) is 2.92. The summed E-state index contributed by atoms with van der Waals surface area (Å²) >= 11 is 1.65. The molecule has 0 spiro atoms.